The molecule has 0 radical (unpaired) electrons. The van der Waals surface area contributed by atoms with Gasteiger partial charge in [0.1, 0.15) is 5.82 Å². The molecule has 0 amide bonds. The first-order valence-electron chi connectivity index (χ1n) is 8.20. The zero-order chi connectivity index (χ0) is 20.3. The standard InChI is InChI=1S/C19H16FNO6S/c1-3-25-17-11-12(8-9-16(17)27-28(2,23)24)10-15-19(22)26-18(21-15)13-6-4-5-7-14(13)20/h4-11H,3H2,1-2H3. The summed E-state index contributed by atoms with van der Waals surface area (Å²) in [6.45, 7) is 2.01. The minimum absolute atomic E-state index is 0.0241. The van der Waals surface area contributed by atoms with Crippen LogP contribution in [0.25, 0.3) is 6.08 Å². The molecule has 0 N–H and O–H groups in total. The molecule has 9 heteroatoms. The number of nitrogens with zero attached hydrogens (tertiary/aromatic N) is 1. The Morgan fingerprint density at radius 1 is 1.18 bits per heavy atom. The highest BCUT2D eigenvalue weighted by Gasteiger charge is 2.26. The van der Waals surface area contributed by atoms with Gasteiger partial charge in [-0.15, -0.1) is 0 Å². The molecule has 28 heavy (non-hydrogen) atoms. The minimum Gasteiger partial charge on any atom is -0.490 e. The number of ether oxygens (including phenoxy) is 2. The molecule has 1 aliphatic heterocycles. The van der Waals surface area contributed by atoms with Gasteiger partial charge in [0.25, 0.3) is 0 Å². The second-order valence-electron chi connectivity index (χ2n) is 5.74. The number of carbonyl (C=O) groups is 1. The Kier molecular flexibility index (Phi) is 5.46. The van der Waals surface area contributed by atoms with Gasteiger partial charge >= 0.3 is 16.1 Å². The molecular weight excluding hydrogens is 389 g/mol. The van der Waals surface area contributed by atoms with Crippen molar-refractivity contribution < 1.29 is 31.3 Å². The van der Waals surface area contributed by atoms with Crippen LogP contribution in [0.3, 0.4) is 0 Å². The lowest BCUT2D eigenvalue weighted by atomic mass is 10.1. The fraction of sp³-hybridized carbons (Fsp3) is 0.158. The largest absolute Gasteiger partial charge is 0.490 e. The molecule has 1 heterocycles. The summed E-state index contributed by atoms with van der Waals surface area (Å²) >= 11 is 0. The monoisotopic (exact) mass is 405 g/mol. The van der Waals surface area contributed by atoms with Gasteiger partial charge in [0, 0.05) is 0 Å². The zero-order valence-electron chi connectivity index (χ0n) is 15.0. The molecule has 2 aromatic rings. The van der Waals surface area contributed by atoms with Crippen LogP contribution >= 0.6 is 0 Å². The lowest BCUT2D eigenvalue weighted by Crippen LogP contribution is -2.07. The maximum absolute atomic E-state index is 13.9. The first-order chi connectivity index (χ1) is 13.3. The normalized spacial score (nSPS) is 15.3. The van der Waals surface area contributed by atoms with Crippen LogP contribution in [0, 0.1) is 5.82 Å². The second-order valence-corrected chi connectivity index (χ2v) is 7.32. The zero-order valence-corrected chi connectivity index (χ0v) is 15.8. The smallest absolute Gasteiger partial charge is 0.363 e. The van der Waals surface area contributed by atoms with Crippen molar-refractivity contribution in [2.24, 2.45) is 4.99 Å². The SMILES string of the molecule is CCOc1cc(C=C2N=C(c3ccccc3F)OC2=O)ccc1OS(C)(=O)=O. The van der Waals surface area contributed by atoms with Gasteiger partial charge in [-0.25, -0.2) is 14.2 Å². The van der Waals surface area contributed by atoms with E-state index in [1.807, 2.05) is 0 Å². The number of benzene rings is 2. The summed E-state index contributed by atoms with van der Waals surface area (Å²) in [6, 6.07) is 10.2. The van der Waals surface area contributed by atoms with E-state index in [4.69, 9.17) is 13.7 Å². The molecule has 7 nitrogen and oxygen atoms in total. The second kappa shape index (κ2) is 7.81. The number of hydrogen-bond donors (Lipinski definition) is 0. The van der Waals surface area contributed by atoms with Gasteiger partial charge in [-0.05, 0) is 42.8 Å². The lowest BCUT2D eigenvalue weighted by Gasteiger charge is -2.10. The highest BCUT2D eigenvalue weighted by Crippen LogP contribution is 2.31. The Balaban J connectivity index is 1.95. The van der Waals surface area contributed by atoms with E-state index in [-0.39, 0.29) is 35.3 Å². The summed E-state index contributed by atoms with van der Waals surface area (Å²) < 4.78 is 51.9. The fourth-order valence-corrected chi connectivity index (χ4v) is 2.90. The van der Waals surface area contributed by atoms with Crippen molar-refractivity contribution in [1.29, 1.82) is 0 Å². The summed E-state index contributed by atoms with van der Waals surface area (Å²) in [7, 11) is -3.73. The molecule has 0 atom stereocenters. The summed E-state index contributed by atoms with van der Waals surface area (Å²) in [5.41, 5.74) is 0.540. The molecule has 0 spiro atoms. The van der Waals surface area contributed by atoms with Crippen LogP contribution in [-0.4, -0.2) is 33.1 Å². The molecule has 0 fully saturated rings. The molecule has 2 aromatic carbocycles. The van der Waals surface area contributed by atoms with E-state index >= 15 is 0 Å². The maximum Gasteiger partial charge on any atom is 0.363 e. The van der Waals surface area contributed by atoms with Crippen LogP contribution in [0.5, 0.6) is 11.5 Å². The number of carbonyl (C=O) groups excluding carboxylic acids is 1. The van der Waals surface area contributed by atoms with Crippen LogP contribution in [-0.2, 0) is 19.6 Å². The number of cyclic esters (lactones) is 1. The van der Waals surface area contributed by atoms with Crippen LogP contribution in [0.15, 0.2) is 53.2 Å². The highest BCUT2D eigenvalue weighted by molar-refractivity contribution is 7.86. The van der Waals surface area contributed by atoms with Crippen LogP contribution in [0.2, 0.25) is 0 Å². The molecule has 0 saturated carbocycles. The van der Waals surface area contributed by atoms with E-state index in [0.717, 1.165) is 6.26 Å². The topological polar surface area (TPSA) is 91.3 Å². The average Bonchev–Trinajstić information content (AvgIpc) is 2.97. The Labute approximate surface area is 161 Å². The number of esters is 1. The van der Waals surface area contributed by atoms with E-state index < -0.39 is 21.9 Å². The number of rotatable bonds is 6. The van der Waals surface area contributed by atoms with Crippen molar-refractivity contribution in [2.75, 3.05) is 12.9 Å². The van der Waals surface area contributed by atoms with Crippen molar-refractivity contribution in [3.8, 4) is 11.5 Å². The van der Waals surface area contributed by atoms with Crippen LogP contribution in [0.1, 0.15) is 18.1 Å². The predicted octanol–water partition coefficient (Wildman–Crippen LogP) is 2.91. The highest BCUT2D eigenvalue weighted by atomic mass is 32.2. The summed E-state index contributed by atoms with van der Waals surface area (Å²) in [5.74, 6) is -1.21. The summed E-state index contributed by atoms with van der Waals surface area (Å²) in [6.07, 6.45) is 2.34. The van der Waals surface area contributed by atoms with Crippen LogP contribution < -0.4 is 8.92 Å². The first-order valence-corrected chi connectivity index (χ1v) is 10.0. The third-order valence-corrected chi connectivity index (χ3v) is 4.02. The van der Waals surface area contributed by atoms with E-state index in [1.165, 1.54) is 42.5 Å². The van der Waals surface area contributed by atoms with Gasteiger partial charge in [-0.2, -0.15) is 8.42 Å². The molecular formula is C19H16FNO6S. The maximum atomic E-state index is 13.9. The van der Waals surface area contributed by atoms with Crippen molar-refractivity contribution in [1.82, 2.24) is 0 Å². The van der Waals surface area contributed by atoms with Gasteiger partial charge in [-0.3, -0.25) is 0 Å². The van der Waals surface area contributed by atoms with Gasteiger partial charge in [0.2, 0.25) is 5.90 Å². The van der Waals surface area contributed by atoms with Gasteiger partial charge in [-0.1, -0.05) is 18.2 Å². The molecule has 0 bridgehead atoms. The van der Waals surface area contributed by atoms with Crippen molar-refractivity contribution in [3.05, 3.63) is 65.1 Å². The fourth-order valence-electron chi connectivity index (χ4n) is 2.43. The van der Waals surface area contributed by atoms with E-state index in [2.05, 4.69) is 4.99 Å². The average molecular weight is 405 g/mol. The number of hydrogen-bond acceptors (Lipinski definition) is 7. The Hall–Kier alpha value is -3.20. The van der Waals surface area contributed by atoms with E-state index in [0.29, 0.717) is 5.56 Å². The van der Waals surface area contributed by atoms with Gasteiger partial charge in [0.05, 0.1) is 18.4 Å². The molecule has 146 valence electrons. The first kappa shape index (κ1) is 19.6. The van der Waals surface area contributed by atoms with E-state index in [9.17, 15) is 17.6 Å². The predicted molar refractivity (Wildman–Crippen MR) is 100 cm³/mol. The third-order valence-electron chi connectivity index (χ3n) is 3.54. The quantitative estimate of drug-likeness (QED) is 0.417. The Morgan fingerprint density at radius 3 is 2.61 bits per heavy atom. The third kappa shape index (κ3) is 4.55. The Morgan fingerprint density at radius 2 is 1.93 bits per heavy atom. The van der Waals surface area contributed by atoms with Gasteiger partial charge in [0.15, 0.2) is 17.2 Å². The van der Waals surface area contributed by atoms with Crippen molar-refractivity contribution in [2.45, 2.75) is 6.92 Å². The molecule has 3 rings (SSSR count). The van der Waals surface area contributed by atoms with Gasteiger partial charge < -0.3 is 13.7 Å². The molecule has 0 aromatic heterocycles. The minimum atomic E-state index is -3.73. The van der Waals surface area contributed by atoms with Crippen molar-refractivity contribution >= 4 is 28.1 Å². The number of aliphatic imine (C=N–C) groups is 1. The molecule has 0 saturated heterocycles. The molecule has 0 unspecified atom stereocenters. The molecule has 0 aliphatic carbocycles. The molecule has 1 aliphatic rings. The van der Waals surface area contributed by atoms with Crippen LogP contribution in [0.4, 0.5) is 4.39 Å². The van der Waals surface area contributed by atoms with Crippen molar-refractivity contribution in [3.63, 3.8) is 0 Å². The Bertz CT molecular complexity index is 1090. The summed E-state index contributed by atoms with van der Waals surface area (Å²) in [5, 5.41) is 0. The van der Waals surface area contributed by atoms with E-state index in [1.54, 1.807) is 13.0 Å². The lowest BCUT2D eigenvalue weighted by molar-refractivity contribution is -0.129. The number of halogens is 1. The summed E-state index contributed by atoms with van der Waals surface area (Å²) in [4.78, 5) is 16.1.